The van der Waals surface area contributed by atoms with Crippen LogP contribution in [0, 0.1) is 5.92 Å². The van der Waals surface area contributed by atoms with E-state index in [1.54, 1.807) is 10.9 Å². The fourth-order valence-corrected chi connectivity index (χ4v) is 3.95. The van der Waals surface area contributed by atoms with E-state index in [9.17, 15) is 19.6 Å². The van der Waals surface area contributed by atoms with Crippen molar-refractivity contribution in [2.24, 2.45) is 11.1 Å². The summed E-state index contributed by atoms with van der Waals surface area (Å²) in [6.45, 7) is 7.91. The van der Waals surface area contributed by atoms with E-state index in [-0.39, 0.29) is 37.3 Å². The number of nitrogens with one attached hydrogen (secondary N) is 2. The highest BCUT2D eigenvalue weighted by Crippen LogP contribution is 2.29. The van der Waals surface area contributed by atoms with Gasteiger partial charge in [-0.25, -0.2) is 0 Å². The third-order valence-electron chi connectivity index (χ3n) is 5.83. The van der Waals surface area contributed by atoms with Crippen LogP contribution in [0.2, 0.25) is 0 Å². The van der Waals surface area contributed by atoms with Gasteiger partial charge in [0.2, 0.25) is 5.60 Å². The first-order valence-corrected chi connectivity index (χ1v) is 11.9. The number of hydrogen-bond acceptors (Lipinski definition) is 7. The molecule has 10 nitrogen and oxygen atoms in total. The summed E-state index contributed by atoms with van der Waals surface area (Å²) in [7, 11) is -1.71. The number of carbonyl (C=O) groups is 2. The lowest BCUT2D eigenvalue weighted by atomic mass is 9.74. The quantitative estimate of drug-likeness (QED) is 0.358. The zero-order valence-corrected chi connectivity index (χ0v) is 20.6. The normalized spacial score (nSPS) is 18.2. The van der Waals surface area contributed by atoms with Crippen LogP contribution in [0.25, 0.3) is 0 Å². The number of carbonyl (C=O) groups excluding carboxylic acids is 2. The second kappa shape index (κ2) is 11.5. The Labute approximate surface area is 205 Å². The van der Waals surface area contributed by atoms with Crippen LogP contribution < -0.4 is 10.6 Å². The maximum Gasteiger partial charge on any atom is 0.475 e. The maximum absolute atomic E-state index is 13.4. The minimum absolute atomic E-state index is 0.105. The van der Waals surface area contributed by atoms with Crippen molar-refractivity contribution in [2.75, 3.05) is 6.54 Å². The molecule has 0 spiro atoms. The van der Waals surface area contributed by atoms with Crippen LogP contribution in [-0.2, 0) is 16.1 Å². The molecule has 35 heavy (non-hydrogen) atoms. The van der Waals surface area contributed by atoms with Gasteiger partial charge in [-0.3, -0.25) is 14.3 Å². The van der Waals surface area contributed by atoms with Gasteiger partial charge in [0.05, 0.1) is 30.0 Å². The predicted molar refractivity (Wildman–Crippen MR) is 133 cm³/mol. The summed E-state index contributed by atoms with van der Waals surface area (Å²) >= 11 is 0. The van der Waals surface area contributed by atoms with Crippen molar-refractivity contribution in [3.8, 4) is 0 Å². The Bertz CT molecular complexity index is 1040. The van der Waals surface area contributed by atoms with Crippen LogP contribution in [-0.4, -0.2) is 62.6 Å². The molecule has 3 rings (SSSR count). The van der Waals surface area contributed by atoms with Gasteiger partial charge in [0.15, 0.2) is 0 Å². The van der Waals surface area contributed by atoms with E-state index in [2.05, 4.69) is 20.9 Å². The summed E-state index contributed by atoms with van der Waals surface area (Å²) in [5.74, 6) is -1.49. The SMILES string of the molecule is CC(C)CC(NC(=O)C1(Cc2ccccc2)CC(CNC(=O)c2cnn(C(C)C)c2)=NO1)B(O)O. The van der Waals surface area contributed by atoms with Crippen molar-refractivity contribution in [1.29, 1.82) is 0 Å². The van der Waals surface area contributed by atoms with Gasteiger partial charge in [0, 0.05) is 25.1 Å². The van der Waals surface area contributed by atoms with Gasteiger partial charge in [0.25, 0.3) is 11.8 Å². The van der Waals surface area contributed by atoms with Crippen LogP contribution in [0.4, 0.5) is 0 Å². The Kier molecular flexibility index (Phi) is 8.69. The third kappa shape index (κ3) is 6.92. The standard InChI is InChI=1S/C24H34BN5O5/c1-16(2)10-21(25(33)34)28-23(32)24(11-18-8-6-5-7-9-18)12-20(29-35-24)14-26-22(31)19-13-27-30(15-19)17(3)4/h5-9,13,15-17,21,33-34H,10-12,14H2,1-4H3,(H,26,31)(H,28,32). The molecule has 0 saturated carbocycles. The van der Waals surface area contributed by atoms with Crippen LogP contribution in [0.15, 0.2) is 47.9 Å². The first-order valence-electron chi connectivity index (χ1n) is 11.9. The van der Waals surface area contributed by atoms with E-state index in [1.807, 2.05) is 58.0 Å². The average Bonchev–Trinajstić information content (AvgIpc) is 3.46. The molecule has 2 atom stereocenters. The summed E-state index contributed by atoms with van der Waals surface area (Å²) < 4.78 is 1.70. The molecule has 2 unspecified atom stereocenters. The molecule has 2 heterocycles. The van der Waals surface area contributed by atoms with Crippen LogP contribution in [0.3, 0.4) is 0 Å². The number of nitrogens with zero attached hydrogens (tertiary/aromatic N) is 3. The lowest BCUT2D eigenvalue weighted by Crippen LogP contribution is -2.56. The summed E-state index contributed by atoms with van der Waals surface area (Å²) in [4.78, 5) is 31.7. The van der Waals surface area contributed by atoms with Crippen LogP contribution >= 0.6 is 0 Å². The summed E-state index contributed by atoms with van der Waals surface area (Å²) in [6, 6.07) is 9.53. The fraction of sp³-hybridized carbons (Fsp3) is 0.500. The average molecular weight is 483 g/mol. The van der Waals surface area contributed by atoms with Gasteiger partial charge < -0.3 is 25.5 Å². The summed E-state index contributed by atoms with van der Waals surface area (Å²) in [5, 5.41) is 33.4. The molecule has 0 radical (unpaired) electrons. The molecule has 4 N–H and O–H groups in total. The molecule has 0 bridgehead atoms. The molecule has 1 aromatic carbocycles. The van der Waals surface area contributed by atoms with Crippen LogP contribution in [0.5, 0.6) is 0 Å². The van der Waals surface area contributed by atoms with Crippen molar-refractivity contribution in [3.05, 3.63) is 53.9 Å². The van der Waals surface area contributed by atoms with E-state index in [1.165, 1.54) is 6.20 Å². The number of aromatic nitrogens is 2. The van der Waals surface area contributed by atoms with Crippen molar-refractivity contribution < 1.29 is 24.5 Å². The molecular weight excluding hydrogens is 449 g/mol. The Morgan fingerprint density at radius 2 is 1.91 bits per heavy atom. The molecule has 1 aliphatic rings. The fourth-order valence-electron chi connectivity index (χ4n) is 3.95. The van der Waals surface area contributed by atoms with Crippen molar-refractivity contribution in [1.82, 2.24) is 20.4 Å². The monoisotopic (exact) mass is 483 g/mol. The predicted octanol–water partition coefficient (Wildman–Crippen LogP) is 1.49. The first-order chi connectivity index (χ1) is 16.6. The number of hydrogen-bond donors (Lipinski definition) is 4. The molecule has 2 aromatic rings. The van der Waals surface area contributed by atoms with Gasteiger partial charge in [-0.1, -0.05) is 49.3 Å². The van der Waals surface area contributed by atoms with Gasteiger partial charge in [-0.15, -0.1) is 0 Å². The topological polar surface area (TPSA) is 138 Å². The molecule has 0 aliphatic carbocycles. The molecule has 1 aromatic heterocycles. The molecule has 11 heteroatoms. The zero-order chi connectivity index (χ0) is 25.6. The van der Waals surface area contributed by atoms with Gasteiger partial charge in [0.1, 0.15) is 0 Å². The van der Waals surface area contributed by atoms with Gasteiger partial charge in [-0.2, -0.15) is 5.10 Å². The van der Waals surface area contributed by atoms with Crippen molar-refractivity contribution in [2.45, 2.75) is 64.5 Å². The Morgan fingerprint density at radius 3 is 2.51 bits per heavy atom. The number of rotatable bonds is 11. The van der Waals surface area contributed by atoms with E-state index in [0.29, 0.717) is 17.7 Å². The largest absolute Gasteiger partial charge is 0.475 e. The van der Waals surface area contributed by atoms with E-state index < -0.39 is 24.6 Å². The maximum atomic E-state index is 13.4. The third-order valence-corrected chi connectivity index (χ3v) is 5.83. The number of amides is 2. The Morgan fingerprint density at radius 1 is 1.20 bits per heavy atom. The van der Waals surface area contributed by atoms with E-state index in [0.717, 1.165) is 5.56 Å². The molecule has 1 aliphatic heterocycles. The highest BCUT2D eigenvalue weighted by Gasteiger charge is 2.48. The highest BCUT2D eigenvalue weighted by molar-refractivity contribution is 6.43. The van der Waals surface area contributed by atoms with Gasteiger partial charge in [-0.05, 0) is 31.7 Å². The summed E-state index contributed by atoms with van der Waals surface area (Å²) in [6.07, 6.45) is 3.95. The zero-order valence-electron chi connectivity index (χ0n) is 20.6. The molecule has 0 fully saturated rings. The van der Waals surface area contributed by atoms with E-state index in [4.69, 9.17) is 4.84 Å². The van der Waals surface area contributed by atoms with E-state index >= 15 is 0 Å². The first kappa shape index (κ1) is 26.4. The lowest BCUT2D eigenvalue weighted by Gasteiger charge is -2.29. The highest BCUT2D eigenvalue weighted by atomic mass is 16.7. The summed E-state index contributed by atoms with van der Waals surface area (Å²) in [5.41, 5.74) is 0.438. The second-order valence-corrected chi connectivity index (χ2v) is 9.69. The Hall–Kier alpha value is -3.18. The van der Waals surface area contributed by atoms with Crippen molar-refractivity contribution in [3.63, 3.8) is 0 Å². The minimum Gasteiger partial charge on any atom is -0.426 e. The molecule has 0 saturated heterocycles. The molecular formula is C24H34BN5O5. The molecule has 2 amide bonds. The van der Waals surface area contributed by atoms with Crippen molar-refractivity contribution >= 4 is 24.6 Å². The van der Waals surface area contributed by atoms with Gasteiger partial charge >= 0.3 is 7.12 Å². The molecule has 188 valence electrons. The Balaban J connectivity index is 1.71. The number of oxime groups is 1. The smallest absolute Gasteiger partial charge is 0.426 e. The number of benzene rings is 1. The second-order valence-electron chi connectivity index (χ2n) is 9.69. The van der Waals surface area contributed by atoms with Crippen LogP contribution in [0.1, 0.15) is 62.5 Å². The minimum atomic E-state index is -1.71. The lowest BCUT2D eigenvalue weighted by molar-refractivity contribution is -0.144.